The Morgan fingerprint density at radius 1 is 0.804 bits per heavy atom. The normalized spacial score (nSPS) is 22.0. The van der Waals surface area contributed by atoms with Crippen molar-refractivity contribution in [1.82, 2.24) is 14.9 Å². The van der Waals surface area contributed by atoms with Gasteiger partial charge in [-0.15, -0.1) is 0 Å². The molecule has 1 saturated carbocycles. The summed E-state index contributed by atoms with van der Waals surface area (Å²) < 4.78 is 41.4. The summed E-state index contributed by atoms with van der Waals surface area (Å²) in [6.45, 7) is 11.8. The molecule has 2 unspecified atom stereocenters. The molecule has 4 atom stereocenters. The molecule has 0 N–H and O–H groups in total. The molecule has 1 saturated heterocycles. The van der Waals surface area contributed by atoms with Gasteiger partial charge in [-0.25, -0.2) is 23.6 Å². The smallest absolute Gasteiger partial charge is 0.340 e. The fourth-order valence-corrected chi connectivity index (χ4v) is 7.94. The third kappa shape index (κ3) is 7.89. The molecule has 5 nitrogen and oxygen atoms in total. The molecule has 3 aromatic rings. The third-order valence-electron chi connectivity index (χ3n) is 10.2. The Morgan fingerprint density at radius 3 is 1.87 bits per heavy atom. The van der Waals surface area contributed by atoms with Crippen LogP contribution in [-0.2, 0) is 10.8 Å². The maximum absolute atomic E-state index is 17.2. The van der Waals surface area contributed by atoms with Crippen molar-refractivity contribution in [2.24, 2.45) is 5.92 Å². The zero-order valence-electron chi connectivity index (χ0n) is 28.1. The van der Waals surface area contributed by atoms with Gasteiger partial charge in [-0.05, 0) is 48.9 Å². The maximum Gasteiger partial charge on any atom is 0.340 e. The molecule has 46 heavy (non-hydrogen) atoms. The molecule has 0 bridgehead atoms. The highest BCUT2D eigenvalue weighted by molar-refractivity contribution is 6.74. The zero-order valence-corrected chi connectivity index (χ0v) is 29.1. The van der Waals surface area contributed by atoms with E-state index in [-0.39, 0.29) is 11.6 Å². The monoisotopic (exact) mass is 647 g/mol. The largest absolute Gasteiger partial charge is 0.410 e. The molecule has 248 valence electrons. The van der Waals surface area contributed by atoms with E-state index in [9.17, 15) is 0 Å². The van der Waals surface area contributed by atoms with Crippen LogP contribution in [0.2, 0.25) is 18.1 Å². The van der Waals surface area contributed by atoms with E-state index < -0.39 is 39.1 Å². The summed E-state index contributed by atoms with van der Waals surface area (Å²) >= 11 is 0. The van der Waals surface area contributed by atoms with Gasteiger partial charge in [0.05, 0.1) is 12.1 Å². The number of carbonyl (C=O) groups excluding carboxylic acids is 1. The molecule has 2 amide bonds. The van der Waals surface area contributed by atoms with Gasteiger partial charge in [0.15, 0.2) is 8.32 Å². The standard InChI is InChI=1S/C38H51F2N3O2Si/c1-38(2,3)46(4,5)45-34-28-41(27-30-20-12-7-13-21-30)43(36(40)32-24-16-9-17-25-32)37(44)42(35(39)31-22-14-8-15-23-31)33(34)26-29-18-10-6-11-19-29/h6,8-11,14-19,22-25,30,33-36H,7,12-13,20-21,26-28H2,1-5H3/t33-,34-,35?,36?/m0/s1. The molecular weight excluding hydrogens is 597 g/mol. The minimum absolute atomic E-state index is 0.124. The van der Waals surface area contributed by atoms with Gasteiger partial charge in [0.2, 0.25) is 12.6 Å². The molecule has 0 radical (unpaired) electrons. The van der Waals surface area contributed by atoms with Crippen LogP contribution in [0.3, 0.4) is 0 Å². The zero-order chi connectivity index (χ0) is 32.9. The fourth-order valence-electron chi connectivity index (χ4n) is 6.60. The number of alkyl halides is 2. The molecule has 2 fully saturated rings. The summed E-state index contributed by atoms with van der Waals surface area (Å²) in [6.07, 6.45) is 1.74. The predicted molar refractivity (Wildman–Crippen MR) is 184 cm³/mol. The first-order valence-corrected chi connectivity index (χ1v) is 19.8. The lowest BCUT2D eigenvalue weighted by molar-refractivity contribution is -0.0885. The van der Waals surface area contributed by atoms with E-state index in [1.165, 1.54) is 16.3 Å². The summed E-state index contributed by atoms with van der Waals surface area (Å²) in [5.41, 5.74) is 1.69. The van der Waals surface area contributed by atoms with Crippen LogP contribution < -0.4 is 0 Å². The quantitative estimate of drug-likeness (QED) is 0.162. The Kier molecular flexibility index (Phi) is 11.0. The minimum Gasteiger partial charge on any atom is -0.410 e. The Labute approximate surface area is 275 Å². The van der Waals surface area contributed by atoms with Gasteiger partial charge in [0.25, 0.3) is 0 Å². The average Bonchev–Trinajstić information content (AvgIpc) is 3.15. The van der Waals surface area contributed by atoms with Crippen molar-refractivity contribution in [3.63, 3.8) is 0 Å². The molecule has 1 aliphatic heterocycles. The topological polar surface area (TPSA) is 36.0 Å². The van der Waals surface area contributed by atoms with E-state index in [4.69, 9.17) is 4.43 Å². The van der Waals surface area contributed by atoms with Gasteiger partial charge < -0.3 is 4.43 Å². The van der Waals surface area contributed by atoms with Gasteiger partial charge in [0, 0.05) is 24.2 Å². The Bertz CT molecular complexity index is 1380. The van der Waals surface area contributed by atoms with E-state index in [0.717, 1.165) is 31.2 Å². The van der Waals surface area contributed by atoms with Crippen LogP contribution in [0.4, 0.5) is 13.6 Å². The van der Waals surface area contributed by atoms with Crippen molar-refractivity contribution in [2.75, 3.05) is 13.1 Å². The highest BCUT2D eigenvalue weighted by Gasteiger charge is 2.50. The van der Waals surface area contributed by atoms with Crippen LogP contribution >= 0.6 is 0 Å². The number of hydrogen-bond donors (Lipinski definition) is 0. The van der Waals surface area contributed by atoms with Crippen LogP contribution in [0.15, 0.2) is 91.0 Å². The van der Waals surface area contributed by atoms with Crippen LogP contribution in [-0.4, -0.2) is 54.5 Å². The molecule has 1 aliphatic carbocycles. The first-order valence-electron chi connectivity index (χ1n) is 16.9. The number of halogens is 2. The van der Waals surface area contributed by atoms with E-state index >= 15 is 13.6 Å². The highest BCUT2D eigenvalue weighted by atomic mass is 28.4. The number of hydrogen-bond acceptors (Lipinski definition) is 3. The molecular formula is C38H51F2N3O2Si. The number of benzene rings is 3. The van der Waals surface area contributed by atoms with Gasteiger partial charge in [0.1, 0.15) is 0 Å². The van der Waals surface area contributed by atoms with Crippen molar-refractivity contribution in [2.45, 2.75) is 102 Å². The number of nitrogens with zero attached hydrogens (tertiary/aromatic N) is 3. The van der Waals surface area contributed by atoms with Gasteiger partial charge in [-0.2, -0.15) is 0 Å². The first-order chi connectivity index (χ1) is 22.0. The third-order valence-corrected chi connectivity index (χ3v) is 14.7. The lowest BCUT2D eigenvalue weighted by atomic mass is 9.89. The van der Waals surface area contributed by atoms with Gasteiger partial charge >= 0.3 is 6.03 Å². The van der Waals surface area contributed by atoms with Crippen molar-refractivity contribution >= 4 is 14.3 Å². The van der Waals surface area contributed by atoms with E-state index in [2.05, 4.69) is 33.9 Å². The second-order valence-electron chi connectivity index (χ2n) is 14.6. The molecule has 2 aliphatic rings. The number of amides is 2. The minimum atomic E-state index is -2.43. The average molecular weight is 648 g/mol. The van der Waals surface area contributed by atoms with Crippen molar-refractivity contribution in [3.05, 3.63) is 108 Å². The second kappa shape index (κ2) is 14.8. The lowest BCUT2D eigenvalue weighted by Gasteiger charge is -2.43. The molecule has 0 spiro atoms. The lowest BCUT2D eigenvalue weighted by Crippen LogP contribution is -2.55. The van der Waals surface area contributed by atoms with Crippen LogP contribution in [0.5, 0.6) is 0 Å². The summed E-state index contributed by atoms with van der Waals surface area (Å²) in [5, 5.41) is 2.97. The van der Waals surface area contributed by atoms with Gasteiger partial charge in [-0.3, -0.25) is 4.90 Å². The molecule has 5 rings (SSSR count). The van der Waals surface area contributed by atoms with E-state index in [1.807, 2.05) is 47.5 Å². The molecule has 8 heteroatoms. The van der Waals surface area contributed by atoms with Crippen LogP contribution in [0.1, 0.15) is 82.2 Å². The molecule has 1 heterocycles. The Balaban J connectivity index is 1.67. The Hall–Kier alpha value is -3.07. The Morgan fingerprint density at radius 2 is 1.33 bits per heavy atom. The van der Waals surface area contributed by atoms with Crippen LogP contribution in [0, 0.1) is 5.92 Å². The summed E-state index contributed by atoms with van der Waals surface area (Å²) in [5.74, 6) is 0.315. The maximum atomic E-state index is 17.2. The number of urea groups is 1. The molecule has 3 aromatic carbocycles. The number of carbonyl (C=O) groups is 1. The van der Waals surface area contributed by atoms with Crippen molar-refractivity contribution in [1.29, 1.82) is 0 Å². The van der Waals surface area contributed by atoms with Gasteiger partial charge in [-0.1, -0.05) is 131 Å². The highest BCUT2D eigenvalue weighted by Crippen LogP contribution is 2.42. The van der Waals surface area contributed by atoms with Crippen LogP contribution in [0.25, 0.3) is 0 Å². The second-order valence-corrected chi connectivity index (χ2v) is 19.3. The number of rotatable bonds is 10. The summed E-state index contributed by atoms with van der Waals surface area (Å²) in [4.78, 5) is 16.3. The predicted octanol–water partition coefficient (Wildman–Crippen LogP) is 9.86. The van der Waals surface area contributed by atoms with Crippen molar-refractivity contribution < 1.29 is 18.0 Å². The van der Waals surface area contributed by atoms with E-state index in [1.54, 1.807) is 48.5 Å². The molecule has 0 aromatic heterocycles. The first kappa shape index (κ1) is 34.3. The van der Waals surface area contributed by atoms with Crippen molar-refractivity contribution in [3.8, 4) is 0 Å². The summed E-state index contributed by atoms with van der Waals surface area (Å²) in [6, 6.07) is 26.1. The fraction of sp³-hybridized carbons (Fsp3) is 0.500. The van der Waals surface area contributed by atoms with E-state index in [0.29, 0.717) is 30.0 Å². The SMILES string of the molecule is CC(C)(C)[Si](C)(C)O[C@H]1CN(CC2CCCCC2)N(C(F)c2ccccc2)C(=O)N(C(F)c2ccccc2)[C@H]1Cc1ccccc1. The number of hydrazine groups is 1. The summed E-state index contributed by atoms with van der Waals surface area (Å²) in [7, 11) is -2.43.